The van der Waals surface area contributed by atoms with Crippen molar-refractivity contribution in [2.24, 2.45) is 5.92 Å². The predicted octanol–water partition coefficient (Wildman–Crippen LogP) is 3.37. The summed E-state index contributed by atoms with van der Waals surface area (Å²) in [5.74, 6) is -1.78. The smallest absolute Gasteiger partial charge is 0.257 e. The van der Waals surface area contributed by atoms with E-state index in [2.05, 4.69) is 0 Å². The van der Waals surface area contributed by atoms with E-state index < -0.39 is 11.6 Å². The molecule has 1 aromatic carbocycles. The highest BCUT2D eigenvalue weighted by molar-refractivity contribution is 5.95. The first-order chi connectivity index (χ1) is 9.18. The van der Waals surface area contributed by atoms with Crippen molar-refractivity contribution >= 4 is 5.91 Å². The van der Waals surface area contributed by atoms with Crippen LogP contribution < -0.4 is 0 Å². The average molecular weight is 265 g/mol. The van der Waals surface area contributed by atoms with Crippen LogP contribution in [0.3, 0.4) is 0 Å². The van der Waals surface area contributed by atoms with Gasteiger partial charge in [0.2, 0.25) is 0 Å². The van der Waals surface area contributed by atoms with Gasteiger partial charge in [0.1, 0.15) is 0 Å². The maximum Gasteiger partial charge on any atom is 0.257 e. The van der Waals surface area contributed by atoms with Crippen molar-refractivity contribution in [3.05, 3.63) is 35.4 Å². The summed E-state index contributed by atoms with van der Waals surface area (Å²) in [5, 5.41) is 0. The number of likely N-dealkylation sites (tertiary alicyclic amines) is 1. The Kier molecular flexibility index (Phi) is 3.25. The second kappa shape index (κ2) is 4.91. The van der Waals surface area contributed by atoms with Crippen LogP contribution >= 0.6 is 0 Å². The minimum absolute atomic E-state index is 0.133. The number of nitrogens with zero attached hydrogens (tertiary/aromatic N) is 1. The summed E-state index contributed by atoms with van der Waals surface area (Å²) in [6.07, 6.45) is 5.48. The molecule has 3 rings (SSSR count). The lowest BCUT2D eigenvalue weighted by Crippen LogP contribution is -2.39. The molecule has 1 saturated carbocycles. The van der Waals surface area contributed by atoms with Crippen molar-refractivity contribution in [2.75, 3.05) is 6.54 Å². The van der Waals surface area contributed by atoms with Gasteiger partial charge in [0, 0.05) is 12.6 Å². The van der Waals surface area contributed by atoms with Crippen LogP contribution in [0, 0.1) is 17.6 Å². The Morgan fingerprint density at radius 3 is 2.79 bits per heavy atom. The van der Waals surface area contributed by atoms with Crippen LogP contribution in [0.15, 0.2) is 18.2 Å². The van der Waals surface area contributed by atoms with Gasteiger partial charge in [-0.3, -0.25) is 4.79 Å². The van der Waals surface area contributed by atoms with Crippen LogP contribution in [0.4, 0.5) is 8.78 Å². The van der Waals surface area contributed by atoms with E-state index in [0.717, 1.165) is 31.7 Å². The van der Waals surface area contributed by atoms with Gasteiger partial charge < -0.3 is 4.90 Å². The van der Waals surface area contributed by atoms with Gasteiger partial charge in [-0.25, -0.2) is 8.78 Å². The zero-order valence-electron chi connectivity index (χ0n) is 10.7. The van der Waals surface area contributed by atoms with Gasteiger partial charge in [-0.1, -0.05) is 18.9 Å². The third kappa shape index (κ3) is 2.13. The van der Waals surface area contributed by atoms with Crippen LogP contribution in [0.1, 0.15) is 42.5 Å². The fourth-order valence-corrected chi connectivity index (χ4v) is 3.48. The lowest BCUT2D eigenvalue weighted by molar-refractivity contribution is 0.0684. The Morgan fingerprint density at radius 2 is 1.95 bits per heavy atom. The number of hydrogen-bond donors (Lipinski definition) is 0. The lowest BCUT2D eigenvalue weighted by Gasteiger charge is -2.31. The third-order valence-corrected chi connectivity index (χ3v) is 4.45. The number of benzene rings is 1. The van der Waals surface area contributed by atoms with Gasteiger partial charge in [-0.15, -0.1) is 0 Å². The van der Waals surface area contributed by atoms with E-state index in [1.54, 1.807) is 4.90 Å². The van der Waals surface area contributed by atoms with Crippen molar-refractivity contribution in [2.45, 2.75) is 38.1 Å². The van der Waals surface area contributed by atoms with E-state index in [-0.39, 0.29) is 17.5 Å². The molecule has 4 heteroatoms. The average Bonchev–Trinajstić information content (AvgIpc) is 2.85. The third-order valence-electron chi connectivity index (χ3n) is 4.45. The first kappa shape index (κ1) is 12.6. The quantitative estimate of drug-likeness (QED) is 0.762. The molecule has 1 saturated heterocycles. The van der Waals surface area contributed by atoms with Crippen LogP contribution in [0.25, 0.3) is 0 Å². The molecule has 0 spiro atoms. The fourth-order valence-electron chi connectivity index (χ4n) is 3.48. The molecular weight excluding hydrogens is 248 g/mol. The van der Waals surface area contributed by atoms with Crippen molar-refractivity contribution in [1.82, 2.24) is 4.90 Å². The molecule has 0 N–H and O–H groups in total. The van der Waals surface area contributed by atoms with Crippen molar-refractivity contribution in [1.29, 1.82) is 0 Å². The van der Waals surface area contributed by atoms with Gasteiger partial charge in [0.05, 0.1) is 5.56 Å². The predicted molar refractivity (Wildman–Crippen MR) is 67.8 cm³/mol. The molecule has 2 atom stereocenters. The summed E-state index contributed by atoms with van der Waals surface area (Å²) < 4.78 is 26.9. The largest absolute Gasteiger partial charge is 0.335 e. The summed E-state index contributed by atoms with van der Waals surface area (Å²) in [4.78, 5) is 14.1. The van der Waals surface area contributed by atoms with Gasteiger partial charge in [-0.05, 0) is 37.3 Å². The first-order valence-corrected chi connectivity index (χ1v) is 6.93. The SMILES string of the molecule is O=C(c1cccc(F)c1F)N1CC[C@@H]2CCCC[C@H]21. The topological polar surface area (TPSA) is 20.3 Å². The number of fused-ring (bicyclic) bond motifs is 1. The molecule has 0 aromatic heterocycles. The van der Waals surface area contributed by atoms with E-state index >= 15 is 0 Å². The Morgan fingerprint density at radius 1 is 1.16 bits per heavy atom. The Balaban J connectivity index is 1.86. The standard InChI is InChI=1S/C15H17F2NO/c16-12-6-3-5-11(14(12)17)15(19)18-9-8-10-4-1-2-7-13(10)18/h3,5-6,10,13H,1-2,4,7-9H2/t10-,13+/m0/s1. The maximum absolute atomic E-state index is 13.7. The summed E-state index contributed by atoms with van der Waals surface area (Å²) in [7, 11) is 0. The lowest BCUT2D eigenvalue weighted by atomic mass is 9.85. The molecule has 1 heterocycles. The van der Waals surface area contributed by atoms with Gasteiger partial charge >= 0.3 is 0 Å². The Bertz CT molecular complexity index is 503. The molecule has 0 unspecified atom stereocenters. The molecule has 1 amide bonds. The van der Waals surface area contributed by atoms with E-state index in [1.807, 2.05) is 0 Å². The normalized spacial score (nSPS) is 26.3. The van der Waals surface area contributed by atoms with Crippen LogP contribution in [-0.2, 0) is 0 Å². The van der Waals surface area contributed by atoms with Crippen molar-refractivity contribution in [3.8, 4) is 0 Å². The molecule has 19 heavy (non-hydrogen) atoms. The number of carbonyl (C=O) groups is 1. The zero-order valence-corrected chi connectivity index (χ0v) is 10.7. The summed E-state index contributed by atoms with van der Waals surface area (Å²) >= 11 is 0. The minimum atomic E-state index is -1.02. The van der Waals surface area contributed by atoms with Crippen LogP contribution in [-0.4, -0.2) is 23.4 Å². The minimum Gasteiger partial charge on any atom is -0.335 e. The molecule has 1 aromatic rings. The Labute approximate surface area is 111 Å². The molecule has 2 nitrogen and oxygen atoms in total. The summed E-state index contributed by atoms with van der Waals surface area (Å²) in [5.41, 5.74) is -0.133. The molecule has 1 aliphatic heterocycles. The van der Waals surface area contributed by atoms with Gasteiger partial charge in [0.15, 0.2) is 11.6 Å². The second-order valence-electron chi connectivity index (χ2n) is 5.50. The van der Waals surface area contributed by atoms with E-state index in [0.29, 0.717) is 12.5 Å². The molecule has 0 bridgehead atoms. The van der Waals surface area contributed by atoms with E-state index in [9.17, 15) is 13.6 Å². The molecule has 2 aliphatic rings. The highest BCUT2D eigenvalue weighted by Crippen LogP contribution is 2.37. The molecular formula is C15H17F2NO. The van der Waals surface area contributed by atoms with Crippen LogP contribution in [0.2, 0.25) is 0 Å². The highest BCUT2D eigenvalue weighted by atomic mass is 19.2. The number of carbonyl (C=O) groups excluding carboxylic acids is 1. The second-order valence-corrected chi connectivity index (χ2v) is 5.50. The molecule has 0 radical (unpaired) electrons. The molecule has 1 aliphatic carbocycles. The molecule has 2 fully saturated rings. The maximum atomic E-state index is 13.7. The Hall–Kier alpha value is -1.45. The van der Waals surface area contributed by atoms with Gasteiger partial charge in [0.25, 0.3) is 5.91 Å². The molecule has 102 valence electrons. The van der Waals surface area contributed by atoms with Crippen molar-refractivity contribution in [3.63, 3.8) is 0 Å². The fraction of sp³-hybridized carbons (Fsp3) is 0.533. The van der Waals surface area contributed by atoms with E-state index in [4.69, 9.17) is 0 Å². The van der Waals surface area contributed by atoms with Crippen LogP contribution in [0.5, 0.6) is 0 Å². The summed E-state index contributed by atoms with van der Waals surface area (Å²) in [6, 6.07) is 4.03. The monoisotopic (exact) mass is 265 g/mol. The van der Waals surface area contributed by atoms with Crippen molar-refractivity contribution < 1.29 is 13.6 Å². The number of amides is 1. The number of hydrogen-bond acceptors (Lipinski definition) is 1. The van der Waals surface area contributed by atoms with Gasteiger partial charge in [-0.2, -0.15) is 0 Å². The number of rotatable bonds is 1. The van der Waals surface area contributed by atoms with E-state index in [1.165, 1.54) is 18.6 Å². The number of halogens is 2. The highest BCUT2D eigenvalue weighted by Gasteiger charge is 2.39. The first-order valence-electron chi connectivity index (χ1n) is 6.93. The zero-order chi connectivity index (χ0) is 13.4. The summed E-state index contributed by atoms with van der Waals surface area (Å²) in [6.45, 7) is 0.671.